The van der Waals surface area contributed by atoms with Crippen molar-refractivity contribution in [1.82, 2.24) is 14.9 Å². The third-order valence-corrected chi connectivity index (χ3v) is 7.86. The van der Waals surface area contributed by atoms with E-state index in [1.165, 1.54) is 6.08 Å². The van der Waals surface area contributed by atoms with Gasteiger partial charge in [0, 0.05) is 30.7 Å². The van der Waals surface area contributed by atoms with Crippen LogP contribution < -0.4 is 10.6 Å². The van der Waals surface area contributed by atoms with Gasteiger partial charge in [0.1, 0.15) is 12.0 Å². The van der Waals surface area contributed by atoms with Gasteiger partial charge in [-0.1, -0.05) is 43.9 Å². The van der Waals surface area contributed by atoms with Crippen LogP contribution in [0.4, 0.5) is 10.8 Å². The molecule has 0 bridgehead atoms. The molecule has 0 radical (unpaired) electrons. The van der Waals surface area contributed by atoms with Crippen molar-refractivity contribution in [3.63, 3.8) is 0 Å². The Labute approximate surface area is 213 Å². The van der Waals surface area contributed by atoms with Gasteiger partial charge in [-0.05, 0) is 36.6 Å². The van der Waals surface area contributed by atoms with Gasteiger partial charge in [-0.2, -0.15) is 0 Å². The molecule has 1 unspecified atom stereocenters. The quantitative estimate of drug-likeness (QED) is 0.250. The number of rotatable bonds is 10. The van der Waals surface area contributed by atoms with Crippen molar-refractivity contribution in [2.24, 2.45) is 0 Å². The first-order valence-corrected chi connectivity index (χ1v) is 13.5. The van der Waals surface area contributed by atoms with E-state index >= 15 is 0 Å². The number of nitrogens with one attached hydrogen (secondary N) is 2. The van der Waals surface area contributed by atoms with Crippen molar-refractivity contribution in [3.8, 4) is 0 Å². The second-order valence-corrected chi connectivity index (χ2v) is 11.1. The van der Waals surface area contributed by atoms with E-state index in [0.29, 0.717) is 23.9 Å². The molecule has 8 nitrogen and oxygen atoms in total. The van der Waals surface area contributed by atoms with Crippen molar-refractivity contribution in [2.75, 3.05) is 23.7 Å². The normalized spacial score (nSPS) is 17.3. The molecule has 1 aliphatic rings. The highest BCUT2D eigenvalue weighted by Crippen LogP contribution is 2.32. The number of anilines is 2. The van der Waals surface area contributed by atoms with Crippen LogP contribution in [-0.2, 0) is 10.5 Å². The van der Waals surface area contributed by atoms with Gasteiger partial charge >= 0.3 is 0 Å². The van der Waals surface area contributed by atoms with E-state index in [2.05, 4.69) is 45.9 Å². The summed E-state index contributed by atoms with van der Waals surface area (Å²) < 4.78 is 6.88. The van der Waals surface area contributed by atoms with E-state index in [4.69, 9.17) is 4.42 Å². The minimum atomic E-state index is -0.706. The number of hydrogen-bond acceptors (Lipinski definition) is 9. The van der Waals surface area contributed by atoms with Crippen molar-refractivity contribution < 1.29 is 14.3 Å². The Bertz CT molecular complexity index is 1130. The van der Waals surface area contributed by atoms with Gasteiger partial charge < -0.3 is 20.2 Å². The molecule has 1 amide bonds. The van der Waals surface area contributed by atoms with E-state index in [1.54, 1.807) is 41.4 Å². The third kappa shape index (κ3) is 6.94. The standard InChI is InChI=1S/C25H31N5O3S2/c1-4-21(31)28-18-9-7-17(8-10-18)24(32)30-11-5-6-19(14-30)29-25-27-13-23(35-25)34-15-22-26-12-20(33-22)16(2)3/h4,7-10,12-13,16,19,24,32H,1,5-6,11,14-15H2,2-3H3,(H,27,29)(H,28,31)/t19-,24?/m1/s1. The molecule has 3 heterocycles. The summed E-state index contributed by atoms with van der Waals surface area (Å²) in [5.41, 5.74) is 1.46. The zero-order chi connectivity index (χ0) is 24.8. The van der Waals surface area contributed by atoms with Gasteiger partial charge in [-0.15, -0.1) is 11.8 Å². The summed E-state index contributed by atoms with van der Waals surface area (Å²) in [5.74, 6) is 2.39. The van der Waals surface area contributed by atoms with Gasteiger partial charge in [0.05, 0.1) is 22.4 Å². The number of aliphatic hydroxyl groups excluding tert-OH is 1. The molecule has 3 N–H and O–H groups in total. The van der Waals surface area contributed by atoms with Gasteiger partial charge in [-0.3, -0.25) is 9.69 Å². The number of amides is 1. The molecule has 0 spiro atoms. The molecule has 0 saturated carbocycles. The van der Waals surface area contributed by atoms with E-state index < -0.39 is 6.23 Å². The monoisotopic (exact) mass is 513 g/mol. The van der Waals surface area contributed by atoms with Crippen molar-refractivity contribution >= 4 is 39.8 Å². The van der Waals surface area contributed by atoms with Gasteiger partial charge in [0.25, 0.3) is 0 Å². The number of aliphatic hydroxyl groups is 1. The maximum atomic E-state index is 11.5. The number of oxazole rings is 1. The van der Waals surface area contributed by atoms with E-state index in [1.807, 2.05) is 18.3 Å². The van der Waals surface area contributed by atoms with E-state index in [0.717, 1.165) is 45.9 Å². The van der Waals surface area contributed by atoms with Crippen LogP contribution in [0.2, 0.25) is 0 Å². The minimum absolute atomic E-state index is 0.203. The fraction of sp³-hybridized carbons (Fsp3) is 0.400. The number of likely N-dealkylation sites (tertiary alicyclic amines) is 1. The lowest BCUT2D eigenvalue weighted by Crippen LogP contribution is -2.43. The lowest BCUT2D eigenvalue weighted by molar-refractivity contribution is -0.111. The molecule has 1 aliphatic heterocycles. The number of piperidine rings is 1. The Morgan fingerprint density at radius 2 is 2.14 bits per heavy atom. The number of hydrogen-bond donors (Lipinski definition) is 3. The number of benzene rings is 1. The second-order valence-electron chi connectivity index (χ2n) is 8.75. The predicted octanol–water partition coefficient (Wildman–Crippen LogP) is 5.24. The molecule has 186 valence electrons. The van der Waals surface area contributed by atoms with Crippen LogP contribution in [0.1, 0.15) is 56.0 Å². The molecule has 3 aromatic rings. The first kappa shape index (κ1) is 25.4. The topological polar surface area (TPSA) is 104 Å². The highest BCUT2D eigenvalue weighted by Gasteiger charge is 2.26. The fourth-order valence-electron chi connectivity index (χ4n) is 3.85. The predicted molar refractivity (Wildman–Crippen MR) is 141 cm³/mol. The maximum absolute atomic E-state index is 11.5. The summed E-state index contributed by atoms with van der Waals surface area (Å²) in [4.78, 5) is 22.4. The van der Waals surface area contributed by atoms with Gasteiger partial charge in [0.15, 0.2) is 5.13 Å². The lowest BCUT2D eigenvalue weighted by atomic mass is 10.0. The molecule has 10 heteroatoms. The van der Waals surface area contributed by atoms with Crippen LogP contribution in [0, 0.1) is 0 Å². The summed E-state index contributed by atoms with van der Waals surface area (Å²) in [6, 6.07) is 7.45. The lowest BCUT2D eigenvalue weighted by Gasteiger charge is -2.36. The van der Waals surface area contributed by atoms with Crippen LogP contribution in [-0.4, -0.2) is 45.0 Å². The summed E-state index contributed by atoms with van der Waals surface area (Å²) in [6.07, 6.45) is 6.21. The highest BCUT2D eigenvalue weighted by atomic mass is 32.2. The Hall–Kier alpha value is -2.66. The maximum Gasteiger partial charge on any atom is 0.247 e. The number of nitrogens with zero attached hydrogens (tertiary/aromatic N) is 3. The minimum Gasteiger partial charge on any atom is -0.445 e. The molecular weight excluding hydrogens is 482 g/mol. The smallest absolute Gasteiger partial charge is 0.247 e. The molecule has 2 atom stereocenters. The van der Waals surface area contributed by atoms with Crippen LogP contribution in [0.3, 0.4) is 0 Å². The summed E-state index contributed by atoms with van der Waals surface area (Å²) in [7, 11) is 0. The fourth-order valence-corrected chi connectivity index (χ4v) is 5.65. The number of aromatic nitrogens is 2. The van der Waals surface area contributed by atoms with Gasteiger partial charge in [-0.25, -0.2) is 9.97 Å². The second kappa shape index (κ2) is 11.9. The molecule has 1 saturated heterocycles. The number of carbonyl (C=O) groups is 1. The van der Waals surface area contributed by atoms with Gasteiger partial charge in [0.2, 0.25) is 11.8 Å². The van der Waals surface area contributed by atoms with Crippen molar-refractivity contribution in [2.45, 2.75) is 54.8 Å². The number of carbonyl (C=O) groups excluding carboxylic acids is 1. The average Bonchev–Trinajstić information content (AvgIpc) is 3.52. The Morgan fingerprint density at radius 1 is 1.34 bits per heavy atom. The summed E-state index contributed by atoms with van der Waals surface area (Å²) in [5, 5.41) is 18.1. The number of thiazole rings is 1. The zero-order valence-corrected chi connectivity index (χ0v) is 21.6. The largest absolute Gasteiger partial charge is 0.445 e. The zero-order valence-electron chi connectivity index (χ0n) is 19.9. The third-order valence-electron chi connectivity index (χ3n) is 5.75. The highest BCUT2D eigenvalue weighted by molar-refractivity contribution is 8.00. The van der Waals surface area contributed by atoms with E-state index in [9.17, 15) is 9.90 Å². The molecule has 2 aromatic heterocycles. The Balaban J connectivity index is 1.28. The molecule has 35 heavy (non-hydrogen) atoms. The van der Waals surface area contributed by atoms with E-state index in [-0.39, 0.29) is 11.9 Å². The van der Waals surface area contributed by atoms with Crippen LogP contribution in [0.25, 0.3) is 0 Å². The molecule has 1 aromatic carbocycles. The number of thioether (sulfide) groups is 1. The molecular formula is C25H31N5O3S2. The van der Waals surface area contributed by atoms with Crippen LogP contribution in [0.5, 0.6) is 0 Å². The van der Waals surface area contributed by atoms with Crippen molar-refractivity contribution in [1.29, 1.82) is 0 Å². The Morgan fingerprint density at radius 3 is 2.86 bits per heavy atom. The molecule has 4 rings (SSSR count). The van der Waals surface area contributed by atoms with Crippen molar-refractivity contribution in [3.05, 3.63) is 66.5 Å². The average molecular weight is 514 g/mol. The summed E-state index contributed by atoms with van der Waals surface area (Å²) in [6.45, 7) is 9.17. The van der Waals surface area contributed by atoms with Crippen LogP contribution >= 0.6 is 23.1 Å². The SMILES string of the molecule is C=CC(=O)Nc1ccc(C(O)N2CCC[C@@H](Nc3ncc(SCc4ncc(C(C)C)o4)s3)C2)cc1. The summed E-state index contributed by atoms with van der Waals surface area (Å²) >= 11 is 3.29. The first-order valence-electron chi connectivity index (χ1n) is 11.7. The molecule has 1 fully saturated rings. The first-order chi connectivity index (χ1) is 16.9. The Kier molecular flexibility index (Phi) is 8.61. The van der Waals surface area contributed by atoms with Crippen LogP contribution in [0.15, 0.2) is 57.9 Å². The molecule has 0 aliphatic carbocycles.